The molecule has 3 heterocycles. The average Bonchev–Trinajstić information content (AvgIpc) is 3.11. The standard InChI is InChI=1S/C17H20N6O/c24-15(14-4-2-1-3-5-14)12-21-8-10-22(11-9-21)17-7-6-16-19-18-13-23(16)20-17/h1-7,13,15,24H,8-12H2/t15-/m1/s1. The molecule has 1 aromatic carbocycles. The Labute approximate surface area is 140 Å². The van der Waals surface area contributed by atoms with Crippen molar-refractivity contribution < 1.29 is 5.11 Å². The molecule has 3 aromatic rings. The molecule has 4 rings (SSSR count). The molecule has 1 saturated heterocycles. The maximum atomic E-state index is 10.4. The molecule has 0 spiro atoms. The molecule has 0 amide bonds. The number of hydrogen-bond acceptors (Lipinski definition) is 6. The molecule has 0 radical (unpaired) electrons. The lowest BCUT2D eigenvalue weighted by molar-refractivity contribution is 0.109. The van der Waals surface area contributed by atoms with E-state index in [0.717, 1.165) is 43.2 Å². The zero-order chi connectivity index (χ0) is 16.4. The van der Waals surface area contributed by atoms with Crippen LogP contribution in [0.3, 0.4) is 0 Å². The Morgan fingerprint density at radius 3 is 2.58 bits per heavy atom. The van der Waals surface area contributed by atoms with Crippen molar-refractivity contribution in [3.8, 4) is 0 Å². The second kappa shape index (κ2) is 6.54. The van der Waals surface area contributed by atoms with Gasteiger partial charge in [0.25, 0.3) is 0 Å². The van der Waals surface area contributed by atoms with Crippen molar-refractivity contribution >= 4 is 11.5 Å². The van der Waals surface area contributed by atoms with E-state index < -0.39 is 6.10 Å². The van der Waals surface area contributed by atoms with Crippen LogP contribution in [0.2, 0.25) is 0 Å². The first-order valence-electron chi connectivity index (χ1n) is 8.17. The number of fused-ring (bicyclic) bond motifs is 1. The molecule has 1 aliphatic rings. The maximum Gasteiger partial charge on any atom is 0.177 e. The van der Waals surface area contributed by atoms with Gasteiger partial charge in [0.15, 0.2) is 5.65 Å². The highest BCUT2D eigenvalue weighted by Crippen LogP contribution is 2.17. The quantitative estimate of drug-likeness (QED) is 0.771. The Hall–Kier alpha value is -2.51. The number of aromatic nitrogens is 4. The van der Waals surface area contributed by atoms with Gasteiger partial charge in [-0.3, -0.25) is 4.90 Å². The second-order valence-corrected chi connectivity index (χ2v) is 6.04. The fraction of sp³-hybridized carbons (Fsp3) is 0.353. The highest BCUT2D eigenvalue weighted by atomic mass is 16.3. The predicted molar refractivity (Wildman–Crippen MR) is 90.8 cm³/mol. The number of β-amino-alcohol motifs (C(OH)–C–C–N with tert-alkyl or cyclic N) is 1. The number of nitrogens with zero attached hydrogens (tertiary/aromatic N) is 6. The fourth-order valence-electron chi connectivity index (χ4n) is 3.07. The third kappa shape index (κ3) is 3.08. The number of benzene rings is 1. The molecule has 24 heavy (non-hydrogen) atoms. The minimum Gasteiger partial charge on any atom is -0.387 e. The summed E-state index contributed by atoms with van der Waals surface area (Å²) in [7, 11) is 0. The molecule has 0 aliphatic carbocycles. The lowest BCUT2D eigenvalue weighted by Crippen LogP contribution is -2.47. The normalized spacial score (nSPS) is 17.3. The number of aliphatic hydroxyl groups is 1. The number of rotatable bonds is 4. The van der Waals surface area contributed by atoms with Gasteiger partial charge in [-0.15, -0.1) is 15.3 Å². The van der Waals surface area contributed by atoms with Crippen molar-refractivity contribution in [2.24, 2.45) is 0 Å². The molecule has 1 fully saturated rings. The molecule has 7 heteroatoms. The van der Waals surface area contributed by atoms with Crippen LogP contribution in [0, 0.1) is 0 Å². The van der Waals surface area contributed by atoms with E-state index in [2.05, 4.69) is 25.1 Å². The summed E-state index contributed by atoms with van der Waals surface area (Å²) in [5.41, 5.74) is 1.73. The zero-order valence-corrected chi connectivity index (χ0v) is 13.4. The van der Waals surface area contributed by atoms with Crippen LogP contribution < -0.4 is 4.90 Å². The molecule has 2 aromatic heterocycles. The van der Waals surface area contributed by atoms with E-state index in [4.69, 9.17) is 0 Å². The van der Waals surface area contributed by atoms with E-state index >= 15 is 0 Å². The van der Waals surface area contributed by atoms with Crippen molar-refractivity contribution in [2.45, 2.75) is 6.10 Å². The van der Waals surface area contributed by atoms with Crippen molar-refractivity contribution in [3.05, 3.63) is 54.4 Å². The summed E-state index contributed by atoms with van der Waals surface area (Å²) in [5.74, 6) is 0.936. The highest BCUT2D eigenvalue weighted by Gasteiger charge is 2.21. The van der Waals surface area contributed by atoms with Crippen LogP contribution in [0.25, 0.3) is 5.65 Å². The Balaban J connectivity index is 1.36. The first-order chi connectivity index (χ1) is 11.8. The van der Waals surface area contributed by atoms with Gasteiger partial charge in [0.1, 0.15) is 12.1 Å². The van der Waals surface area contributed by atoms with Gasteiger partial charge in [0.2, 0.25) is 0 Å². The number of aliphatic hydroxyl groups excluding tert-OH is 1. The van der Waals surface area contributed by atoms with Crippen LogP contribution in [0.5, 0.6) is 0 Å². The number of anilines is 1. The Morgan fingerprint density at radius 1 is 1.00 bits per heavy atom. The first kappa shape index (κ1) is 15.0. The van der Waals surface area contributed by atoms with E-state index in [1.54, 1.807) is 10.8 Å². The van der Waals surface area contributed by atoms with Gasteiger partial charge in [-0.1, -0.05) is 30.3 Å². The summed E-state index contributed by atoms with van der Waals surface area (Å²) in [6, 6.07) is 13.7. The largest absolute Gasteiger partial charge is 0.387 e. The van der Waals surface area contributed by atoms with Crippen molar-refractivity contribution in [1.82, 2.24) is 24.7 Å². The van der Waals surface area contributed by atoms with E-state index in [1.807, 2.05) is 42.5 Å². The van der Waals surface area contributed by atoms with Gasteiger partial charge < -0.3 is 10.0 Å². The third-order valence-electron chi connectivity index (χ3n) is 4.46. The van der Waals surface area contributed by atoms with Gasteiger partial charge >= 0.3 is 0 Å². The van der Waals surface area contributed by atoms with Crippen molar-refractivity contribution in [3.63, 3.8) is 0 Å². The van der Waals surface area contributed by atoms with E-state index in [1.165, 1.54) is 0 Å². The van der Waals surface area contributed by atoms with E-state index in [9.17, 15) is 5.11 Å². The van der Waals surface area contributed by atoms with Crippen molar-refractivity contribution in [1.29, 1.82) is 0 Å². The van der Waals surface area contributed by atoms with Crippen LogP contribution in [-0.2, 0) is 0 Å². The smallest absolute Gasteiger partial charge is 0.177 e. The maximum absolute atomic E-state index is 10.4. The summed E-state index contributed by atoms with van der Waals surface area (Å²) in [5, 5.41) is 22.7. The Bertz CT molecular complexity index is 797. The molecule has 0 saturated carbocycles. The molecule has 7 nitrogen and oxygen atoms in total. The molecule has 124 valence electrons. The van der Waals surface area contributed by atoms with Gasteiger partial charge in [-0.2, -0.15) is 4.52 Å². The molecule has 1 aliphatic heterocycles. The molecule has 0 bridgehead atoms. The monoisotopic (exact) mass is 324 g/mol. The van der Waals surface area contributed by atoms with E-state index in [0.29, 0.717) is 6.54 Å². The summed E-state index contributed by atoms with van der Waals surface area (Å²) in [4.78, 5) is 4.55. The topological polar surface area (TPSA) is 69.8 Å². The van der Waals surface area contributed by atoms with Crippen molar-refractivity contribution in [2.75, 3.05) is 37.6 Å². The van der Waals surface area contributed by atoms with Crippen LogP contribution in [-0.4, -0.2) is 62.5 Å². The molecular weight excluding hydrogens is 304 g/mol. The summed E-state index contributed by atoms with van der Waals surface area (Å²) >= 11 is 0. The van der Waals surface area contributed by atoms with Gasteiger partial charge in [0.05, 0.1) is 6.10 Å². The van der Waals surface area contributed by atoms with Crippen LogP contribution in [0.15, 0.2) is 48.8 Å². The third-order valence-corrected chi connectivity index (χ3v) is 4.46. The van der Waals surface area contributed by atoms with Crippen LogP contribution in [0.1, 0.15) is 11.7 Å². The Kier molecular flexibility index (Phi) is 4.10. The first-order valence-corrected chi connectivity index (χ1v) is 8.17. The number of piperazine rings is 1. The minimum absolute atomic E-state index is 0.441. The minimum atomic E-state index is -0.441. The average molecular weight is 324 g/mol. The molecular formula is C17H20N6O. The van der Waals surface area contributed by atoms with Crippen LogP contribution in [0.4, 0.5) is 5.82 Å². The summed E-state index contributed by atoms with van der Waals surface area (Å²) < 4.78 is 1.70. The lowest BCUT2D eigenvalue weighted by atomic mass is 10.1. The van der Waals surface area contributed by atoms with Gasteiger partial charge in [-0.05, 0) is 17.7 Å². The van der Waals surface area contributed by atoms with Gasteiger partial charge in [-0.25, -0.2) is 0 Å². The SMILES string of the molecule is O[C@H](CN1CCN(c2ccc3nncn3n2)CC1)c1ccccc1. The molecule has 1 N–H and O–H groups in total. The number of hydrogen-bond donors (Lipinski definition) is 1. The molecule has 0 unspecified atom stereocenters. The highest BCUT2D eigenvalue weighted by molar-refractivity contribution is 5.45. The Morgan fingerprint density at radius 2 is 1.79 bits per heavy atom. The summed E-state index contributed by atoms with van der Waals surface area (Å²) in [6.45, 7) is 4.26. The van der Waals surface area contributed by atoms with Crippen LogP contribution >= 0.6 is 0 Å². The van der Waals surface area contributed by atoms with E-state index in [-0.39, 0.29) is 0 Å². The molecule has 1 atom stereocenters. The zero-order valence-electron chi connectivity index (χ0n) is 13.4. The lowest BCUT2D eigenvalue weighted by Gasteiger charge is -2.36. The fourth-order valence-corrected chi connectivity index (χ4v) is 3.07. The predicted octanol–water partition coefficient (Wildman–Crippen LogP) is 0.980. The second-order valence-electron chi connectivity index (χ2n) is 6.04. The van der Waals surface area contributed by atoms with Gasteiger partial charge in [0, 0.05) is 32.7 Å². The summed E-state index contributed by atoms with van der Waals surface area (Å²) in [6.07, 6.45) is 1.18.